The molecule has 3 aromatic rings. The van der Waals surface area contributed by atoms with Crippen LogP contribution in [0.1, 0.15) is 21.5 Å². The molecule has 0 fully saturated rings. The second-order valence-electron chi connectivity index (χ2n) is 4.77. The van der Waals surface area contributed by atoms with E-state index in [1.54, 1.807) is 29.9 Å². The number of aromatic nitrogens is 2. The molecule has 3 rings (SSSR count). The molecule has 2 aromatic carbocycles. The van der Waals surface area contributed by atoms with Crippen molar-refractivity contribution in [2.24, 2.45) is 0 Å². The molecule has 0 saturated heterocycles. The first-order chi connectivity index (χ1) is 10.2. The fraction of sp³-hybridized carbons (Fsp3) is 0.0588. The number of benzene rings is 2. The third-order valence-electron chi connectivity index (χ3n) is 3.30. The van der Waals surface area contributed by atoms with Crippen LogP contribution in [-0.4, -0.2) is 15.6 Å². The van der Waals surface area contributed by atoms with E-state index in [4.69, 9.17) is 0 Å². The van der Waals surface area contributed by atoms with E-state index < -0.39 is 5.82 Å². The summed E-state index contributed by atoms with van der Waals surface area (Å²) in [6, 6.07) is 14.2. The minimum Gasteiger partial charge on any atom is -0.288 e. The highest BCUT2D eigenvalue weighted by Crippen LogP contribution is 2.17. The molecule has 21 heavy (non-hydrogen) atoms. The van der Waals surface area contributed by atoms with Crippen LogP contribution in [0.4, 0.5) is 4.39 Å². The topological polar surface area (TPSA) is 34.9 Å². The van der Waals surface area contributed by atoms with Gasteiger partial charge in [-0.05, 0) is 30.7 Å². The van der Waals surface area contributed by atoms with Crippen LogP contribution in [0.15, 0.2) is 60.9 Å². The van der Waals surface area contributed by atoms with Gasteiger partial charge >= 0.3 is 0 Å². The Labute approximate surface area is 121 Å². The van der Waals surface area contributed by atoms with Crippen molar-refractivity contribution in [2.45, 2.75) is 6.92 Å². The highest BCUT2D eigenvalue weighted by molar-refractivity contribution is 6.09. The third-order valence-corrected chi connectivity index (χ3v) is 3.30. The van der Waals surface area contributed by atoms with Gasteiger partial charge in [0, 0.05) is 6.20 Å². The summed E-state index contributed by atoms with van der Waals surface area (Å²) >= 11 is 0. The summed E-state index contributed by atoms with van der Waals surface area (Å²) in [6.45, 7) is 1.64. The number of hydrogen-bond donors (Lipinski definition) is 0. The van der Waals surface area contributed by atoms with Crippen molar-refractivity contribution < 1.29 is 9.18 Å². The molecule has 0 radical (unpaired) electrons. The van der Waals surface area contributed by atoms with Crippen molar-refractivity contribution in [1.29, 1.82) is 0 Å². The van der Waals surface area contributed by atoms with Gasteiger partial charge in [0.15, 0.2) is 5.78 Å². The molecule has 3 nitrogen and oxygen atoms in total. The van der Waals surface area contributed by atoms with E-state index in [0.29, 0.717) is 11.1 Å². The first kappa shape index (κ1) is 13.2. The Bertz CT molecular complexity index is 794. The molecule has 0 spiro atoms. The monoisotopic (exact) mass is 280 g/mol. The van der Waals surface area contributed by atoms with Gasteiger partial charge in [0.05, 0.1) is 23.0 Å². The highest BCUT2D eigenvalue weighted by atomic mass is 19.1. The lowest BCUT2D eigenvalue weighted by Crippen LogP contribution is -2.04. The highest BCUT2D eigenvalue weighted by Gasteiger charge is 2.17. The molecule has 0 saturated carbocycles. The van der Waals surface area contributed by atoms with Gasteiger partial charge < -0.3 is 0 Å². The van der Waals surface area contributed by atoms with Crippen molar-refractivity contribution in [3.8, 4) is 5.69 Å². The van der Waals surface area contributed by atoms with Crippen LogP contribution in [0.25, 0.3) is 5.69 Å². The van der Waals surface area contributed by atoms with E-state index in [1.807, 2.05) is 30.3 Å². The van der Waals surface area contributed by atoms with Crippen LogP contribution in [0.2, 0.25) is 0 Å². The van der Waals surface area contributed by atoms with Crippen LogP contribution in [0.3, 0.4) is 0 Å². The number of para-hydroxylation sites is 1. The smallest absolute Gasteiger partial charge is 0.199 e. The average molecular weight is 280 g/mol. The molecule has 0 aliphatic rings. The average Bonchev–Trinajstić information content (AvgIpc) is 3.00. The first-order valence-electron chi connectivity index (χ1n) is 6.57. The number of hydrogen-bond acceptors (Lipinski definition) is 2. The van der Waals surface area contributed by atoms with Crippen molar-refractivity contribution in [1.82, 2.24) is 9.78 Å². The lowest BCUT2D eigenvalue weighted by Gasteiger charge is -2.03. The molecular formula is C17H13FN2O. The first-order valence-corrected chi connectivity index (χ1v) is 6.57. The molecule has 0 atom stereocenters. The predicted molar refractivity (Wildman–Crippen MR) is 78.1 cm³/mol. The van der Waals surface area contributed by atoms with Gasteiger partial charge in [0.2, 0.25) is 0 Å². The molecule has 0 bridgehead atoms. The van der Waals surface area contributed by atoms with Crippen LogP contribution in [0, 0.1) is 12.7 Å². The van der Waals surface area contributed by atoms with Crippen molar-refractivity contribution >= 4 is 5.78 Å². The summed E-state index contributed by atoms with van der Waals surface area (Å²) in [5.74, 6) is -0.839. The van der Waals surface area contributed by atoms with Gasteiger partial charge in [-0.25, -0.2) is 9.07 Å². The molecule has 4 heteroatoms. The molecule has 0 aliphatic heterocycles. The largest absolute Gasteiger partial charge is 0.288 e. The normalized spacial score (nSPS) is 10.6. The second kappa shape index (κ2) is 5.32. The zero-order chi connectivity index (χ0) is 14.8. The van der Waals surface area contributed by atoms with Gasteiger partial charge in [-0.1, -0.05) is 30.3 Å². The summed E-state index contributed by atoms with van der Waals surface area (Å²) in [7, 11) is 0. The lowest BCUT2D eigenvalue weighted by molar-refractivity contribution is 0.103. The minimum absolute atomic E-state index is 0.0719. The van der Waals surface area contributed by atoms with Gasteiger partial charge in [-0.15, -0.1) is 0 Å². The van der Waals surface area contributed by atoms with E-state index in [9.17, 15) is 9.18 Å². The van der Waals surface area contributed by atoms with Crippen LogP contribution < -0.4 is 0 Å². The third kappa shape index (κ3) is 2.48. The Morgan fingerprint density at radius 3 is 2.62 bits per heavy atom. The van der Waals surface area contributed by atoms with E-state index in [0.717, 1.165) is 5.69 Å². The van der Waals surface area contributed by atoms with Crippen LogP contribution >= 0.6 is 0 Å². The van der Waals surface area contributed by atoms with Crippen molar-refractivity contribution in [2.75, 3.05) is 0 Å². The molecule has 0 unspecified atom stereocenters. The molecule has 1 heterocycles. The molecule has 0 N–H and O–H groups in total. The second-order valence-corrected chi connectivity index (χ2v) is 4.77. The summed E-state index contributed by atoms with van der Waals surface area (Å²) < 4.78 is 15.6. The summed E-state index contributed by atoms with van der Waals surface area (Å²) in [6.07, 6.45) is 3.07. The Kier molecular flexibility index (Phi) is 3.36. The number of carbonyl (C=O) groups excluding carboxylic acids is 1. The number of halogens is 1. The quantitative estimate of drug-likeness (QED) is 0.688. The lowest BCUT2D eigenvalue weighted by atomic mass is 10.0. The molecule has 0 amide bonds. The molecule has 0 aliphatic carbocycles. The SMILES string of the molecule is Cc1cccc(C(=O)c2cnn(-c3ccccc3)c2)c1F. The summed E-state index contributed by atoms with van der Waals surface area (Å²) in [5.41, 5.74) is 1.74. The van der Waals surface area contributed by atoms with Gasteiger partial charge in [0.1, 0.15) is 5.82 Å². The Hall–Kier alpha value is -2.75. The van der Waals surface area contributed by atoms with Gasteiger partial charge in [-0.3, -0.25) is 4.79 Å². The number of rotatable bonds is 3. The van der Waals surface area contributed by atoms with E-state index in [1.165, 1.54) is 12.3 Å². The number of nitrogens with zero attached hydrogens (tertiary/aromatic N) is 2. The van der Waals surface area contributed by atoms with E-state index in [2.05, 4.69) is 5.10 Å². The van der Waals surface area contributed by atoms with Gasteiger partial charge in [-0.2, -0.15) is 5.10 Å². The van der Waals surface area contributed by atoms with Crippen LogP contribution in [-0.2, 0) is 0 Å². The Morgan fingerprint density at radius 1 is 1.10 bits per heavy atom. The number of aryl methyl sites for hydroxylation is 1. The summed E-state index contributed by atoms with van der Waals surface area (Å²) in [4.78, 5) is 12.4. The number of carbonyl (C=O) groups is 1. The van der Waals surface area contributed by atoms with Crippen LogP contribution in [0.5, 0.6) is 0 Å². The standard InChI is InChI=1S/C17H13FN2O/c1-12-6-5-9-15(16(12)18)17(21)13-10-19-20(11-13)14-7-3-2-4-8-14/h2-11H,1H3. The zero-order valence-electron chi connectivity index (χ0n) is 11.5. The fourth-order valence-corrected chi connectivity index (χ4v) is 2.14. The minimum atomic E-state index is -0.477. The fourth-order valence-electron chi connectivity index (χ4n) is 2.14. The molecule has 1 aromatic heterocycles. The maximum atomic E-state index is 14.0. The Morgan fingerprint density at radius 2 is 1.86 bits per heavy atom. The molecule has 104 valence electrons. The van der Waals surface area contributed by atoms with E-state index >= 15 is 0 Å². The van der Waals surface area contributed by atoms with Crippen molar-refractivity contribution in [3.05, 3.63) is 83.4 Å². The van der Waals surface area contributed by atoms with Crippen molar-refractivity contribution in [3.63, 3.8) is 0 Å². The van der Waals surface area contributed by atoms with E-state index in [-0.39, 0.29) is 11.3 Å². The maximum absolute atomic E-state index is 14.0. The summed E-state index contributed by atoms with van der Waals surface area (Å²) in [5, 5.41) is 4.16. The number of ketones is 1. The maximum Gasteiger partial charge on any atom is 0.199 e. The van der Waals surface area contributed by atoms with Gasteiger partial charge in [0.25, 0.3) is 0 Å². The predicted octanol–water partition coefficient (Wildman–Crippen LogP) is 3.55. The zero-order valence-corrected chi connectivity index (χ0v) is 11.5. The molecular weight excluding hydrogens is 267 g/mol. The Balaban J connectivity index is 1.97.